The van der Waals surface area contributed by atoms with Crippen LogP contribution in [-0.4, -0.2) is 61.1 Å². The quantitative estimate of drug-likeness (QED) is 0.0486. The highest BCUT2D eigenvalue weighted by Gasteiger charge is 1.98. The molecule has 0 unspecified atom stereocenters. The van der Waals surface area contributed by atoms with Crippen molar-refractivity contribution in [2.75, 3.05) is 33.3 Å². The minimum atomic E-state index is -1.14. The van der Waals surface area contributed by atoms with Gasteiger partial charge >= 0.3 is 11.9 Å². The minimum Gasteiger partial charge on any atom is -0.478 e. The van der Waals surface area contributed by atoms with Gasteiger partial charge in [0.15, 0.2) is 0 Å². The molecule has 2 N–H and O–H groups in total. The van der Waals surface area contributed by atoms with Gasteiger partial charge in [0.05, 0.1) is 6.61 Å². The van der Waals surface area contributed by atoms with Crippen molar-refractivity contribution in [2.24, 2.45) is 0 Å². The molecule has 1 amide bonds. The summed E-state index contributed by atoms with van der Waals surface area (Å²) in [6.07, 6.45) is 30.6. The van der Waals surface area contributed by atoms with Crippen molar-refractivity contribution >= 4 is 17.8 Å². The Hall–Kier alpha value is -3.19. The third kappa shape index (κ3) is 41.3. The first kappa shape index (κ1) is 43.3. The molecule has 0 aromatic heterocycles. The highest BCUT2D eigenvalue weighted by molar-refractivity contribution is 5.90. The maximum atomic E-state index is 11.1. The van der Waals surface area contributed by atoms with E-state index in [0.29, 0.717) is 6.61 Å². The molecule has 0 atom stereocenters. The van der Waals surface area contributed by atoms with Gasteiger partial charge in [0, 0.05) is 38.8 Å². The van der Waals surface area contributed by atoms with E-state index in [9.17, 15) is 14.4 Å². The molecule has 0 aromatic carbocycles. The lowest BCUT2D eigenvalue weighted by molar-refractivity contribution is -0.138. The average Bonchev–Trinajstić information content (AvgIpc) is 2.98. The van der Waals surface area contributed by atoms with E-state index in [1.165, 1.54) is 76.7 Å². The smallest absolute Gasteiger partial charge is 0.331 e. The largest absolute Gasteiger partial charge is 0.478 e. The lowest BCUT2D eigenvalue weighted by Gasteiger charge is -2.15. The van der Waals surface area contributed by atoms with Crippen molar-refractivity contribution in [3.63, 3.8) is 0 Å². The average molecular weight is 589 g/mol. The van der Waals surface area contributed by atoms with E-state index in [4.69, 9.17) is 9.84 Å². The Morgan fingerprint density at radius 2 is 1.17 bits per heavy atom. The van der Waals surface area contributed by atoms with Crippen LogP contribution in [0.15, 0.2) is 74.9 Å². The summed E-state index contributed by atoms with van der Waals surface area (Å²) in [5, 5.41) is 10.7. The van der Waals surface area contributed by atoms with E-state index in [-0.39, 0.29) is 5.91 Å². The fraction of sp³-hybridized carbons (Fsp3) is 0.571. The predicted molar refractivity (Wildman–Crippen MR) is 178 cm³/mol. The second-order valence-corrected chi connectivity index (χ2v) is 9.68. The van der Waals surface area contributed by atoms with Gasteiger partial charge in [0.2, 0.25) is 5.91 Å². The van der Waals surface area contributed by atoms with Crippen molar-refractivity contribution in [3.05, 3.63) is 74.9 Å². The van der Waals surface area contributed by atoms with Gasteiger partial charge in [0.25, 0.3) is 0 Å². The first-order chi connectivity index (χ1) is 20.3. The summed E-state index contributed by atoms with van der Waals surface area (Å²) in [7, 11) is 1.56. The number of nitrogens with one attached hydrogen (secondary N) is 1. The van der Waals surface area contributed by atoms with Gasteiger partial charge in [-0.05, 0) is 38.2 Å². The van der Waals surface area contributed by atoms with Crippen LogP contribution < -0.4 is 5.32 Å². The molecule has 0 radical (unpaired) electrons. The summed E-state index contributed by atoms with van der Waals surface area (Å²) in [4.78, 5) is 33.5. The molecule has 0 aliphatic heterocycles. The molecule has 0 heterocycles. The van der Waals surface area contributed by atoms with Crippen LogP contribution in [0.5, 0.6) is 0 Å². The summed E-state index contributed by atoms with van der Waals surface area (Å²) in [5.74, 6) is -1.87. The predicted octanol–water partition coefficient (Wildman–Crippen LogP) is 7.97. The zero-order valence-corrected chi connectivity index (χ0v) is 26.7. The maximum absolute atomic E-state index is 11.1. The zero-order valence-electron chi connectivity index (χ0n) is 26.7. The molecule has 0 spiro atoms. The molecule has 0 bridgehead atoms. The fourth-order valence-electron chi connectivity index (χ4n) is 3.58. The van der Waals surface area contributed by atoms with Gasteiger partial charge in [0.1, 0.15) is 0 Å². The number of carboxylic acids is 1. The molecule has 0 fully saturated rings. The number of amides is 1. The number of hydrogen-bond acceptors (Lipinski definition) is 5. The maximum Gasteiger partial charge on any atom is 0.331 e. The van der Waals surface area contributed by atoms with Gasteiger partial charge in [-0.1, -0.05) is 102 Å². The normalized spacial score (nSPS) is 10.3. The molecule has 0 rings (SSSR count). The molecule has 0 aliphatic rings. The third-order valence-electron chi connectivity index (χ3n) is 5.86. The summed E-state index contributed by atoms with van der Waals surface area (Å²) in [6, 6.07) is 0. The lowest BCUT2D eigenvalue weighted by atomic mass is 10.1. The number of unbranched alkanes of at least 4 members (excludes halogenated alkanes) is 12. The van der Waals surface area contributed by atoms with Crippen molar-refractivity contribution in [1.29, 1.82) is 0 Å². The first-order valence-corrected chi connectivity index (χ1v) is 15.4. The third-order valence-corrected chi connectivity index (χ3v) is 5.86. The van der Waals surface area contributed by atoms with E-state index in [2.05, 4.69) is 55.6 Å². The highest BCUT2D eigenvalue weighted by Crippen LogP contribution is 2.10. The Morgan fingerprint density at radius 3 is 1.55 bits per heavy atom. The van der Waals surface area contributed by atoms with Gasteiger partial charge in [-0.3, -0.25) is 9.69 Å². The monoisotopic (exact) mass is 588 g/mol. The second-order valence-electron chi connectivity index (χ2n) is 9.68. The number of aliphatic carboxylic acids is 1. The van der Waals surface area contributed by atoms with Gasteiger partial charge in [-0.25, -0.2) is 9.59 Å². The van der Waals surface area contributed by atoms with Crippen LogP contribution in [0, 0.1) is 0 Å². The van der Waals surface area contributed by atoms with Crippen molar-refractivity contribution in [1.82, 2.24) is 10.2 Å². The molecule has 7 heteroatoms. The standard InChI is InChI=1S/C22H38O4.C9H15N.C4H7NO/c1-2-3-4-5-6-7-8-9-10-11-12-13-14-15-16-17-20-26-22(25)19-18-21(23)24;1-4-7-10(8-5-2)9-6-3;1-3-4(6)5-2/h9-10,18-19H,2-8,11-17,20H2,1H3,(H,23,24);4-6H,1-3,7-9H2;3H,1H2,2H3,(H,5,6)/b10-9-,19-18-;;. The Balaban J connectivity index is -0.000000773. The van der Waals surface area contributed by atoms with E-state index < -0.39 is 11.9 Å². The second kappa shape index (κ2) is 37.8. The summed E-state index contributed by atoms with van der Waals surface area (Å²) < 4.78 is 4.91. The van der Waals surface area contributed by atoms with Crippen LogP contribution in [0.25, 0.3) is 0 Å². The number of rotatable bonds is 25. The van der Waals surface area contributed by atoms with Crippen LogP contribution >= 0.6 is 0 Å². The number of allylic oxidation sites excluding steroid dienone is 2. The number of esters is 1. The van der Waals surface area contributed by atoms with Crippen molar-refractivity contribution < 1.29 is 24.2 Å². The molecule has 7 nitrogen and oxygen atoms in total. The molecule has 42 heavy (non-hydrogen) atoms. The summed E-state index contributed by atoms with van der Waals surface area (Å²) in [5.41, 5.74) is 0. The van der Waals surface area contributed by atoms with Crippen molar-refractivity contribution in [2.45, 2.75) is 96.8 Å². The molecule has 240 valence electrons. The van der Waals surface area contributed by atoms with Gasteiger partial charge in [-0.2, -0.15) is 0 Å². The number of carbonyl (C=O) groups excluding carboxylic acids is 2. The van der Waals surface area contributed by atoms with Crippen LogP contribution in [-0.2, 0) is 19.1 Å². The van der Waals surface area contributed by atoms with Gasteiger partial charge in [-0.15, -0.1) is 19.7 Å². The Morgan fingerprint density at radius 1 is 0.714 bits per heavy atom. The van der Waals surface area contributed by atoms with E-state index in [0.717, 1.165) is 51.0 Å². The Bertz CT molecular complexity index is 735. The highest BCUT2D eigenvalue weighted by atomic mass is 16.5. The minimum absolute atomic E-state index is 0.144. The molecule has 0 aromatic rings. The number of likely N-dealkylation sites (N-methyl/N-ethyl adjacent to an activating group) is 1. The zero-order chi connectivity index (χ0) is 32.1. The lowest BCUT2D eigenvalue weighted by Crippen LogP contribution is -2.23. The van der Waals surface area contributed by atoms with E-state index >= 15 is 0 Å². The first-order valence-electron chi connectivity index (χ1n) is 15.4. The van der Waals surface area contributed by atoms with Crippen LogP contribution in [0.1, 0.15) is 96.8 Å². The topological polar surface area (TPSA) is 95.9 Å². The van der Waals surface area contributed by atoms with E-state index in [1.807, 2.05) is 18.2 Å². The van der Waals surface area contributed by atoms with Gasteiger partial charge < -0.3 is 15.2 Å². The number of hydrogen-bond donors (Lipinski definition) is 2. The van der Waals surface area contributed by atoms with Crippen LogP contribution in [0.2, 0.25) is 0 Å². The number of ether oxygens (including phenoxy) is 1. The molecule has 0 saturated carbocycles. The van der Waals surface area contributed by atoms with Crippen LogP contribution in [0.4, 0.5) is 0 Å². The van der Waals surface area contributed by atoms with Crippen LogP contribution in [0.3, 0.4) is 0 Å². The number of nitrogens with zero attached hydrogens (tertiary/aromatic N) is 1. The molecule has 0 saturated heterocycles. The number of carbonyl (C=O) groups is 3. The number of carboxylic acid groups (broad SMARTS) is 1. The molecular weight excluding hydrogens is 528 g/mol. The summed E-state index contributed by atoms with van der Waals surface area (Å²) >= 11 is 0. The Labute approximate surface area is 257 Å². The molecular formula is C35H60N2O5. The SMILES string of the molecule is C=CC(=O)NC.C=CCN(CC=C)CC=C.CCCCCCCC/C=C\CCCCCCCCOC(=O)/C=C\C(=O)O. The van der Waals surface area contributed by atoms with Crippen molar-refractivity contribution in [3.8, 4) is 0 Å². The summed E-state index contributed by atoms with van der Waals surface area (Å²) in [6.45, 7) is 19.5. The Kier molecular flexibility index (Phi) is 38.9. The fourth-order valence-corrected chi connectivity index (χ4v) is 3.58. The van der Waals surface area contributed by atoms with E-state index in [1.54, 1.807) is 7.05 Å². The molecule has 0 aliphatic carbocycles.